The Balaban J connectivity index is 0.000000107. The molecule has 5 amide bonds. The van der Waals surface area contributed by atoms with Gasteiger partial charge in [0.25, 0.3) is 29.5 Å². The van der Waals surface area contributed by atoms with Gasteiger partial charge in [-0.2, -0.15) is 5.10 Å². The molecule has 19 heterocycles. The molecule has 10 saturated heterocycles. The molecule has 25 rings (SSSR count). The molecule has 0 aromatic carbocycles. The number of carbonyl (C=O) groups is 5. The maximum atomic E-state index is 13.1. The first kappa shape index (κ1) is 101. The van der Waals surface area contributed by atoms with Gasteiger partial charge in [0.2, 0.25) is 0 Å². The van der Waals surface area contributed by atoms with E-state index in [-0.39, 0.29) is 157 Å². The lowest BCUT2D eigenvalue weighted by molar-refractivity contribution is -0.119. The minimum absolute atomic E-state index is 0.00299. The van der Waals surface area contributed by atoms with Crippen LogP contribution in [0.2, 0.25) is 0 Å². The highest BCUT2D eigenvalue weighted by molar-refractivity contribution is 6.44. The standard InChI is InChI=1S/C24H36N6O3.C21H29N5O3.C21H28N4O3.2C20H27N5O3/c1-15-10-19(30(27-15)24(2,3)4)23(31)25-18-13-32-22-20(14-33-21(18)22)29-12-17(26-28-29)11-16-8-6-5-7-9-16;1-25-8-7-15(10-25)21(27)22-17-12-28-20-18(13-29-19(17)20)26-11-16(23-24-26)9-14-5-3-2-4-6-14;26-21(15-8-4-5-9-15)22-17-12-27-20-18(13-28-19(17)20)25-11-16(23-24-25)10-14-6-2-1-3-7-14;26-20(15-7-4-8-21-15)22-16-11-27-19-17(12-28-18(16)19)25-10-14(23-24-25)9-13-5-2-1-3-6-13;26-20(14-6-7-21-9-14)22-16-11-27-19-17(12-28-18(16)19)25-10-15(23-24-25)8-13-4-2-1-3-5-13/h10,12,16,18,20-22H,5-9,11,13-14H2,1-4H3,(H,25,31);7-8,10-11,14,17-20H,2-6,9,12-13H2,1H3,(H,22,27);4,8-9,11,14,17-20H,1-3,5-7,10,12-13H2,(H,22,26);4,7,10,13,16-19H,1-3,5-6,8-9,11-12H2,(H,22,26);6,9-10,13,16-19H,1-5,7-8,11-12H2,(H,22,26)/t18-,20-,21+,22+;2*17-,18-,19+,20+;2*16-,17-,18+,19+/m00000/s1. The first-order valence-electron chi connectivity index (χ1n) is 54.5. The predicted octanol–water partition coefficient (Wildman–Crippen LogP) is 9.26. The summed E-state index contributed by atoms with van der Waals surface area (Å²) in [6.45, 7) is 14.0. The van der Waals surface area contributed by atoms with Gasteiger partial charge >= 0.3 is 0 Å². The fourth-order valence-electron chi connectivity index (χ4n) is 25.1. The zero-order chi connectivity index (χ0) is 99.7. The van der Waals surface area contributed by atoms with E-state index in [1.54, 1.807) is 17.0 Å². The third-order valence-electron chi connectivity index (χ3n) is 32.9. The summed E-state index contributed by atoms with van der Waals surface area (Å²) in [6, 6.07) is 2.86. The molecule has 40 nitrogen and oxygen atoms in total. The Morgan fingerprint density at radius 1 is 0.363 bits per heavy atom. The van der Waals surface area contributed by atoms with Crippen LogP contribution in [0.1, 0.15) is 273 Å². The minimum Gasteiger partial charge on any atom is -0.371 e. The molecule has 40 heteroatoms. The number of hydrogen-bond donors (Lipinski definition) is 5. The molecule has 7 aromatic rings. The monoisotopic (exact) mass is 2010 g/mol. The lowest BCUT2D eigenvalue weighted by Crippen LogP contribution is -2.46. The van der Waals surface area contributed by atoms with E-state index in [0.717, 1.165) is 108 Å². The number of nitrogens with one attached hydrogen (secondary N) is 5. The lowest BCUT2D eigenvalue weighted by atomic mass is 9.86. The second-order valence-electron chi connectivity index (χ2n) is 44.6. The van der Waals surface area contributed by atoms with Crippen molar-refractivity contribution in [1.82, 2.24) is 116 Å². The van der Waals surface area contributed by atoms with Gasteiger partial charge in [0, 0.05) is 62.2 Å². The van der Waals surface area contributed by atoms with Crippen molar-refractivity contribution < 1.29 is 71.3 Å². The quantitative estimate of drug-likeness (QED) is 0.0356. The summed E-state index contributed by atoms with van der Waals surface area (Å²) in [5.41, 5.74) is 8.86. The third-order valence-corrected chi connectivity index (χ3v) is 32.9. The van der Waals surface area contributed by atoms with Crippen molar-refractivity contribution in [2.75, 3.05) is 79.2 Å². The Morgan fingerprint density at radius 2 is 0.692 bits per heavy atom. The highest BCUT2D eigenvalue weighted by Crippen LogP contribution is 2.43. The molecular formula is C106H147N25O15. The Kier molecular flexibility index (Phi) is 32.4. The second-order valence-corrected chi connectivity index (χ2v) is 44.6. The van der Waals surface area contributed by atoms with Crippen LogP contribution in [-0.4, -0.2) is 301 Å². The molecule has 20 atom stereocenters. The summed E-state index contributed by atoms with van der Waals surface area (Å²) in [6.07, 6.45) is 64.5. The van der Waals surface area contributed by atoms with E-state index in [9.17, 15) is 24.0 Å². The van der Waals surface area contributed by atoms with Gasteiger partial charge in [-0.15, -0.1) is 25.5 Å². The van der Waals surface area contributed by atoms with Gasteiger partial charge in [-0.1, -0.05) is 211 Å². The van der Waals surface area contributed by atoms with Crippen LogP contribution in [-0.2, 0) is 106 Å². The van der Waals surface area contributed by atoms with Gasteiger partial charge in [0.1, 0.15) is 103 Å². The van der Waals surface area contributed by atoms with E-state index in [4.69, 9.17) is 47.4 Å². The Labute approximate surface area is 852 Å². The van der Waals surface area contributed by atoms with E-state index in [1.807, 2.05) is 118 Å². The molecule has 786 valence electrons. The molecule has 0 radical (unpaired) electrons. The van der Waals surface area contributed by atoms with Crippen molar-refractivity contribution in [3.05, 3.63) is 149 Å². The number of rotatable bonds is 25. The Morgan fingerprint density at radius 3 is 0.993 bits per heavy atom. The summed E-state index contributed by atoms with van der Waals surface area (Å²) < 4.78 is 73.4. The third kappa shape index (κ3) is 24.0. The second kappa shape index (κ2) is 46.7. The van der Waals surface area contributed by atoms with E-state index in [0.29, 0.717) is 102 Å². The van der Waals surface area contributed by atoms with Gasteiger partial charge in [-0.05, 0) is 120 Å². The number of aryl methyl sites for hydroxylation is 2. The zero-order valence-electron chi connectivity index (χ0n) is 85.1. The Hall–Kier alpha value is -10.6. The molecule has 7 aromatic heterocycles. The summed E-state index contributed by atoms with van der Waals surface area (Å²) in [5.74, 6) is 3.11. The molecule has 6 aliphatic carbocycles. The van der Waals surface area contributed by atoms with Crippen molar-refractivity contribution in [3.63, 3.8) is 0 Å². The van der Waals surface area contributed by atoms with Crippen LogP contribution in [0.5, 0.6) is 0 Å². The van der Waals surface area contributed by atoms with E-state index < -0.39 is 0 Å². The van der Waals surface area contributed by atoms with Crippen molar-refractivity contribution in [2.24, 2.45) is 46.6 Å². The van der Waals surface area contributed by atoms with Crippen molar-refractivity contribution in [3.8, 4) is 0 Å². The van der Waals surface area contributed by atoms with E-state index in [2.05, 4.69) is 124 Å². The molecule has 146 heavy (non-hydrogen) atoms. The molecule has 5 saturated carbocycles. The number of hydrogen-bond acceptors (Lipinski definition) is 28. The lowest BCUT2D eigenvalue weighted by Gasteiger charge is -2.23. The largest absolute Gasteiger partial charge is 0.371 e. The van der Waals surface area contributed by atoms with Crippen molar-refractivity contribution in [1.29, 1.82) is 0 Å². The van der Waals surface area contributed by atoms with Crippen molar-refractivity contribution >= 4 is 41.5 Å². The van der Waals surface area contributed by atoms with Crippen LogP contribution in [0, 0.1) is 36.5 Å². The van der Waals surface area contributed by atoms with Gasteiger partial charge < -0.3 is 78.5 Å². The number of carbonyl (C=O) groups excluding carboxylic acids is 5. The number of aromatic nitrogens is 18. The number of allylic oxidation sites excluding steroid dienone is 2. The van der Waals surface area contributed by atoms with Gasteiger partial charge in [0.05, 0.1) is 160 Å². The molecule has 0 unspecified atom stereocenters. The van der Waals surface area contributed by atoms with E-state index in [1.165, 1.54) is 161 Å². The van der Waals surface area contributed by atoms with Crippen LogP contribution in [0.15, 0.2) is 113 Å². The topological polar surface area (TPSA) is 439 Å². The molecule has 0 bridgehead atoms. The highest BCUT2D eigenvalue weighted by atomic mass is 16.6. The molecule has 5 N–H and O–H groups in total. The summed E-state index contributed by atoms with van der Waals surface area (Å²) in [5, 5.41) is 63.7. The maximum absolute atomic E-state index is 13.1. The smallest absolute Gasteiger partial charge is 0.269 e. The van der Waals surface area contributed by atoms with Crippen LogP contribution in [0.3, 0.4) is 0 Å². The van der Waals surface area contributed by atoms with Gasteiger partial charge in [0.15, 0.2) is 0 Å². The molecule has 18 aliphatic rings. The SMILES string of the molecule is Cc1cc(C(=O)N[C@H]2CO[C@H]3[C@@H]2OC[C@@H]3n2cc(CC3CCCCC3)nn2)n(C(C)(C)C)n1.Cn1ccc(C(=O)N[C@H]2CO[C@H]3[C@@H]2OC[C@@H]3n2cc(CC3CCCCC3)nn2)c1.O=C(N[C@H]1CO[C@H]2[C@@H]1OC[C@@H]2n1cc(CC2CCCCC2)nn1)C1=CCC=C1.O=C(N[C@H]1CO[C@H]2[C@@H]1OC[C@@H]2n1cc(CC2CCCCC2)nn1)C1=CCN=C1.O=C(N[C@H]1CO[C@H]2[C@@H]1OC[C@@H]2n1cc(CC2CCCCC2)nn1)C1=NCC=C1. The normalized spacial score (nSPS) is 31.0. The molecular weight excluding hydrogens is 1860 g/mol. The van der Waals surface area contributed by atoms with Crippen molar-refractivity contribution in [2.45, 2.75) is 354 Å². The fourth-order valence-corrected chi connectivity index (χ4v) is 25.1. The minimum atomic E-state index is -0.285. The number of nitrogens with zero attached hydrogens (tertiary/aromatic N) is 20. The fraction of sp³-hybridized carbons (Fsp3) is 0.698. The average molecular weight is 2010 g/mol. The molecule has 15 fully saturated rings. The van der Waals surface area contributed by atoms with Gasteiger partial charge in [-0.3, -0.25) is 38.6 Å². The number of ether oxygens (including phenoxy) is 10. The summed E-state index contributed by atoms with van der Waals surface area (Å²) in [4.78, 5) is 70.8. The van der Waals surface area contributed by atoms with Crippen LogP contribution in [0.4, 0.5) is 0 Å². The first-order chi connectivity index (χ1) is 71.3. The van der Waals surface area contributed by atoms with E-state index >= 15 is 0 Å². The van der Waals surface area contributed by atoms with Crippen LogP contribution in [0.25, 0.3) is 0 Å². The number of aliphatic imine (C=N–C) groups is 2. The summed E-state index contributed by atoms with van der Waals surface area (Å²) in [7, 11) is 1.90. The highest BCUT2D eigenvalue weighted by Gasteiger charge is 2.55. The van der Waals surface area contributed by atoms with Crippen LogP contribution < -0.4 is 26.6 Å². The number of fused-ring (bicyclic) bond motifs is 5. The first-order valence-corrected chi connectivity index (χ1v) is 54.5. The van der Waals surface area contributed by atoms with Crippen LogP contribution >= 0.6 is 0 Å². The number of amides is 5. The Bertz CT molecular complexity index is 5480. The summed E-state index contributed by atoms with van der Waals surface area (Å²) >= 11 is 0. The van der Waals surface area contributed by atoms with Gasteiger partial charge in [-0.25, -0.2) is 23.4 Å². The molecule has 12 aliphatic heterocycles. The predicted molar refractivity (Wildman–Crippen MR) is 534 cm³/mol. The average Bonchev–Trinajstić information content (AvgIpc) is 1.64. The molecule has 0 spiro atoms. The maximum Gasteiger partial charge on any atom is 0.269 e. The zero-order valence-corrected chi connectivity index (χ0v) is 85.1.